The van der Waals surface area contributed by atoms with E-state index >= 15 is 0 Å². The van der Waals surface area contributed by atoms with Crippen molar-refractivity contribution >= 4 is 0 Å². The Balaban J connectivity index is 1.97. The second-order valence-corrected chi connectivity index (χ2v) is 4.60. The van der Waals surface area contributed by atoms with Crippen molar-refractivity contribution in [1.29, 1.82) is 0 Å². The average molecular weight is 235 g/mol. The normalized spacial score (nSPS) is 23.6. The van der Waals surface area contributed by atoms with E-state index < -0.39 is 6.10 Å². The maximum Gasteiger partial charge on any atom is 0.125 e. The van der Waals surface area contributed by atoms with Gasteiger partial charge in [0.05, 0.1) is 6.10 Å². The monoisotopic (exact) mass is 235 g/mol. The lowest BCUT2D eigenvalue weighted by Gasteiger charge is -2.17. The maximum atomic E-state index is 10.1. The number of aliphatic hydroxyl groups excluding tert-OH is 1. The number of fused-ring (bicyclic) bond motifs is 1. The fourth-order valence-electron chi connectivity index (χ4n) is 2.17. The highest BCUT2D eigenvalue weighted by Gasteiger charge is 2.23. The summed E-state index contributed by atoms with van der Waals surface area (Å²) in [5.74, 6) is 0.819. The number of hydrogen-bond acceptors (Lipinski definition) is 3. The lowest BCUT2D eigenvalue weighted by atomic mass is 10.0. The van der Waals surface area contributed by atoms with Gasteiger partial charge in [-0.25, -0.2) is 0 Å². The number of aliphatic hydroxyl groups is 1. The molecule has 2 unspecified atom stereocenters. The van der Waals surface area contributed by atoms with Crippen molar-refractivity contribution in [2.24, 2.45) is 0 Å². The van der Waals surface area contributed by atoms with Crippen LogP contribution in [0.5, 0.6) is 5.75 Å². The maximum absolute atomic E-state index is 10.1. The molecule has 1 aliphatic rings. The van der Waals surface area contributed by atoms with Gasteiger partial charge in [0.1, 0.15) is 12.4 Å². The third-order valence-corrected chi connectivity index (χ3v) is 3.19. The second-order valence-electron chi connectivity index (χ2n) is 4.60. The Kier molecular flexibility index (Phi) is 4.40. The summed E-state index contributed by atoms with van der Waals surface area (Å²) in [7, 11) is 0. The van der Waals surface area contributed by atoms with Gasteiger partial charge in [0.2, 0.25) is 0 Å². The van der Waals surface area contributed by atoms with E-state index in [1.165, 1.54) is 12.8 Å². The van der Waals surface area contributed by atoms with E-state index in [2.05, 4.69) is 12.2 Å². The molecule has 0 spiro atoms. The van der Waals surface area contributed by atoms with E-state index in [9.17, 15) is 5.11 Å². The van der Waals surface area contributed by atoms with Crippen LogP contribution < -0.4 is 10.1 Å². The molecule has 2 rings (SSSR count). The summed E-state index contributed by atoms with van der Waals surface area (Å²) in [5, 5.41) is 13.6. The van der Waals surface area contributed by atoms with Gasteiger partial charge >= 0.3 is 0 Å². The fraction of sp³-hybridized carbons (Fsp3) is 0.571. The van der Waals surface area contributed by atoms with Crippen molar-refractivity contribution in [2.75, 3.05) is 13.2 Å². The van der Waals surface area contributed by atoms with Gasteiger partial charge in [-0.3, -0.25) is 0 Å². The molecule has 2 atom stereocenters. The zero-order valence-corrected chi connectivity index (χ0v) is 10.4. The third-order valence-electron chi connectivity index (χ3n) is 3.19. The Morgan fingerprint density at radius 2 is 2.24 bits per heavy atom. The molecule has 2 N–H and O–H groups in total. The van der Waals surface area contributed by atoms with E-state index in [-0.39, 0.29) is 6.04 Å². The van der Waals surface area contributed by atoms with Crippen molar-refractivity contribution in [3.05, 3.63) is 29.8 Å². The highest BCUT2D eigenvalue weighted by Crippen LogP contribution is 2.30. The number of hydrogen-bond donors (Lipinski definition) is 2. The lowest BCUT2D eigenvalue weighted by Crippen LogP contribution is -2.35. The number of benzene rings is 1. The van der Waals surface area contributed by atoms with E-state index in [0.29, 0.717) is 6.61 Å². The van der Waals surface area contributed by atoms with Gasteiger partial charge in [0.15, 0.2) is 0 Å². The van der Waals surface area contributed by atoms with Gasteiger partial charge < -0.3 is 15.2 Å². The average Bonchev–Trinajstić information content (AvgIpc) is 2.50. The summed E-state index contributed by atoms with van der Waals surface area (Å²) in [6.45, 7) is 3.81. The zero-order valence-electron chi connectivity index (χ0n) is 10.4. The molecule has 0 saturated heterocycles. The van der Waals surface area contributed by atoms with Crippen molar-refractivity contribution in [3.63, 3.8) is 0 Å². The first kappa shape index (κ1) is 12.4. The van der Waals surface area contributed by atoms with Gasteiger partial charge in [-0.15, -0.1) is 0 Å². The quantitative estimate of drug-likeness (QED) is 0.787. The number of nitrogens with one attached hydrogen (secondary N) is 1. The molecule has 1 heterocycles. The molecule has 94 valence electrons. The molecule has 3 nitrogen and oxygen atoms in total. The first-order valence-corrected chi connectivity index (χ1v) is 6.44. The summed E-state index contributed by atoms with van der Waals surface area (Å²) in [5.41, 5.74) is 0.910. The Labute approximate surface area is 103 Å². The van der Waals surface area contributed by atoms with Crippen LogP contribution in [0.2, 0.25) is 0 Å². The summed E-state index contributed by atoms with van der Waals surface area (Å²) >= 11 is 0. The molecule has 3 heteroatoms. The molecule has 0 saturated carbocycles. The van der Waals surface area contributed by atoms with Gasteiger partial charge in [-0.05, 0) is 25.5 Å². The third kappa shape index (κ3) is 3.20. The Bertz CT molecular complexity index is 354. The molecule has 0 radical (unpaired) electrons. The molecule has 17 heavy (non-hydrogen) atoms. The molecule has 0 bridgehead atoms. The van der Waals surface area contributed by atoms with Crippen LogP contribution in [-0.4, -0.2) is 24.3 Å². The minimum absolute atomic E-state index is 0.240. The predicted molar refractivity (Wildman–Crippen MR) is 68.2 cm³/mol. The molecule has 1 aromatic rings. The number of para-hydroxylation sites is 1. The van der Waals surface area contributed by atoms with Gasteiger partial charge in [0.25, 0.3) is 0 Å². The van der Waals surface area contributed by atoms with Crippen molar-refractivity contribution in [1.82, 2.24) is 5.32 Å². The van der Waals surface area contributed by atoms with Gasteiger partial charge in [-0.2, -0.15) is 0 Å². The molecular formula is C14H21NO2. The van der Waals surface area contributed by atoms with E-state index in [1.807, 2.05) is 24.3 Å². The van der Waals surface area contributed by atoms with Crippen LogP contribution in [0, 0.1) is 0 Å². The fourth-order valence-corrected chi connectivity index (χ4v) is 2.17. The summed E-state index contributed by atoms with van der Waals surface area (Å²) in [4.78, 5) is 0. The zero-order chi connectivity index (χ0) is 12.1. The summed E-state index contributed by atoms with van der Waals surface area (Å²) in [6.07, 6.45) is 2.65. The largest absolute Gasteiger partial charge is 0.492 e. The van der Waals surface area contributed by atoms with Gasteiger partial charge in [-0.1, -0.05) is 31.5 Å². The van der Waals surface area contributed by atoms with E-state index in [1.54, 1.807) is 0 Å². The van der Waals surface area contributed by atoms with Crippen LogP contribution in [0.3, 0.4) is 0 Å². The highest BCUT2D eigenvalue weighted by atomic mass is 16.5. The van der Waals surface area contributed by atoms with Crippen LogP contribution in [-0.2, 0) is 0 Å². The van der Waals surface area contributed by atoms with Crippen molar-refractivity contribution in [2.45, 2.75) is 38.3 Å². The summed E-state index contributed by atoms with van der Waals surface area (Å²) < 4.78 is 5.74. The van der Waals surface area contributed by atoms with Crippen LogP contribution in [0.4, 0.5) is 0 Å². The first-order valence-electron chi connectivity index (χ1n) is 6.44. The number of ether oxygens (including phenoxy) is 1. The molecular weight excluding hydrogens is 214 g/mol. The standard InChI is InChI=1S/C14H21NO2/c1-2-3-8-15-11-9-13(16)12-6-4-5-7-14(12)17-10-11/h4-7,11,13,15-16H,2-3,8-10H2,1H3. The molecule has 0 amide bonds. The van der Waals surface area contributed by atoms with E-state index in [0.717, 1.165) is 24.3 Å². The van der Waals surface area contributed by atoms with Crippen LogP contribution >= 0.6 is 0 Å². The second kappa shape index (κ2) is 6.03. The lowest BCUT2D eigenvalue weighted by molar-refractivity contribution is 0.151. The molecule has 0 fully saturated rings. The Morgan fingerprint density at radius 1 is 1.41 bits per heavy atom. The Morgan fingerprint density at radius 3 is 3.06 bits per heavy atom. The number of unbranched alkanes of at least 4 members (excludes halogenated alkanes) is 1. The van der Waals surface area contributed by atoms with Crippen LogP contribution in [0.15, 0.2) is 24.3 Å². The summed E-state index contributed by atoms with van der Waals surface area (Å²) in [6, 6.07) is 7.98. The molecule has 1 aromatic carbocycles. The van der Waals surface area contributed by atoms with Crippen molar-refractivity contribution in [3.8, 4) is 5.75 Å². The smallest absolute Gasteiger partial charge is 0.125 e. The SMILES string of the molecule is CCCCNC1COc2ccccc2C(O)C1. The Hall–Kier alpha value is -1.06. The highest BCUT2D eigenvalue weighted by molar-refractivity contribution is 5.35. The van der Waals surface area contributed by atoms with E-state index in [4.69, 9.17) is 4.74 Å². The van der Waals surface area contributed by atoms with Crippen LogP contribution in [0.25, 0.3) is 0 Å². The van der Waals surface area contributed by atoms with Crippen molar-refractivity contribution < 1.29 is 9.84 Å². The van der Waals surface area contributed by atoms with Crippen LogP contribution in [0.1, 0.15) is 37.9 Å². The minimum atomic E-state index is -0.423. The van der Waals surface area contributed by atoms with Gasteiger partial charge in [0, 0.05) is 11.6 Å². The predicted octanol–water partition coefficient (Wildman–Crippen LogP) is 2.26. The molecule has 1 aliphatic heterocycles. The topological polar surface area (TPSA) is 41.5 Å². The first-order chi connectivity index (χ1) is 8.31. The minimum Gasteiger partial charge on any atom is -0.492 e. The molecule has 0 aliphatic carbocycles. The molecule has 0 aromatic heterocycles. The number of rotatable bonds is 4.